The van der Waals surface area contributed by atoms with Gasteiger partial charge in [-0.1, -0.05) is 6.92 Å². The number of pyridine rings is 1. The lowest BCUT2D eigenvalue weighted by atomic mass is 10.3. The van der Waals surface area contributed by atoms with Crippen LogP contribution in [0.3, 0.4) is 0 Å². The number of hydrogen-bond acceptors (Lipinski definition) is 5. The van der Waals surface area contributed by atoms with Gasteiger partial charge in [-0.3, -0.25) is 0 Å². The van der Waals surface area contributed by atoms with E-state index in [2.05, 4.69) is 10.4 Å². The van der Waals surface area contributed by atoms with Crippen LogP contribution in [-0.4, -0.2) is 30.8 Å². The van der Waals surface area contributed by atoms with Crippen molar-refractivity contribution in [1.29, 1.82) is 0 Å². The molecule has 0 bridgehead atoms. The fourth-order valence-electron chi connectivity index (χ4n) is 1.28. The zero-order chi connectivity index (χ0) is 13.1. The monoisotopic (exact) mass is 258 g/mol. The third-order valence-electron chi connectivity index (χ3n) is 2.77. The molecule has 1 aromatic rings. The Labute approximate surface area is 102 Å². The van der Waals surface area contributed by atoms with Gasteiger partial charge in [0.15, 0.2) is 0 Å². The van der Waals surface area contributed by atoms with E-state index in [0.29, 0.717) is 5.82 Å². The van der Waals surface area contributed by atoms with Crippen molar-refractivity contribution in [1.82, 2.24) is 9.29 Å². The zero-order valence-electron chi connectivity index (χ0n) is 10.2. The van der Waals surface area contributed by atoms with Crippen molar-refractivity contribution in [3.8, 4) is 0 Å². The van der Waals surface area contributed by atoms with E-state index < -0.39 is 10.0 Å². The molecule has 1 aromatic heterocycles. The lowest BCUT2D eigenvalue weighted by Crippen LogP contribution is -2.34. The number of nitrogens with two attached hydrogens (primary N) is 1. The number of nitrogens with one attached hydrogen (secondary N) is 1. The van der Waals surface area contributed by atoms with Crippen LogP contribution in [-0.2, 0) is 10.0 Å². The number of hydrazine groups is 1. The predicted octanol–water partition coefficient (Wildman–Crippen LogP) is 0.786. The standard InChI is InChI=1S/C10H18N4O2S/c1-4-8(2)14(3)17(15,16)9-5-6-10(13-11)12-7-9/h5-8H,4,11H2,1-3H3,(H,12,13). The minimum absolute atomic E-state index is 0.0488. The Morgan fingerprint density at radius 3 is 2.59 bits per heavy atom. The summed E-state index contributed by atoms with van der Waals surface area (Å²) in [6, 6.07) is 2.96. The highest BCUT2D eigenvalue weighted by Gasteiger charge is 2.24. The third kappa shape index (κ3) is 2.93. The van der Waals surface area contributed by atoms with Crippen molar-refractivity contribution in [2.24, 2.45) is 5.84 Å². The summed E-state index contributed by atoms with van der Waals surface area (Å²) in [5.41, 5.74) is 2.35. The Kier molecular flexibility index (Phi) is 4.44. The van der Waals surface area contributed by atoms with Gasteiger partial charge in [0.25, 0.3) is 0 Å². The summed E-state index contributed by atoms with van der Waals surface area (Å²) in [4.78, 5) is 4.06. The Balaban J connectivity index is 3.04. The van der Waals surface area contributed by atoms with Crippen molar-refractivity contribution >= 4 is 15.8 Å². The molecule has 0 saturated carbocycles. The Hall–Kier alpha value is -1.18. The smallest absolute Gasteiger partial charge is 0.244 e. The largest absolute Gasteiger partial charge is 0.308 e. The fourth-order valence-corrected chi connectivity index (χ4v) is 2.66. The molecule has 6 nitrogen and oxygen atoms in total. The molecule has 0 spiro atoms. The van der Waals surface area contributed by atoms with Gasteiger partial charge in [-0.05, 0) is 25.5 Å². The van der Waals surface area contributed by atoms with Crippen molar-refractivity contribution in [3.63, 3.8) is 0 Å². The van der Waals surface area contributed by atoms with Gasteiger partial charge in [0, 0.05) is 19.3 Å². The quantitative estimate of drug-likeness (QED) is 0.602. The summed E-state index contributed by atoms with van der Waals surface area (Å²) < 4.78 is 25.7. The molecule has 1 unspecified atom stereocenters. The van der Waals surface area contributed by atoms with Crippen LogP contribution in [0.2, 0.25) is 0 Å². The van der Waals surface area contributed by atoms with Crippen molar-refractivity contribution in [2.45, 2.75) is 31.2 Å². The molecule has 1 atom stereocenters. The number of rotatable bonds is 5. The summed E-state index contributed by atoms with van der Waals surface area (Å²) in [7, 11) is -1.91. The van der Waals surface area contributed by atoms with Crippen LogP contribution >= 0.6 is 0 Å². The molecule has 0 aliphatic carbocycles. The number of nitrogens with zero attached hydrogens (tertiary/aromatic N) is 2. The van der Waals surface area contributed by atoms with Crippen LogP contribution in [0.1, 0.15) is 20.3 Å². The van der Waals surface area contributed by atoms with Crippen LogP contribution in [0.5, 0.6) is 0 Å². The number of nitrogen functional groups attached to an aromatic ring is 1. The molecule has 0 saturated heterocycles. The van der Waals surface area contributed by atoms with Crippen molar-refractivity contribution < 1.29 is 8.42 Å². The normalized spacial score (nSPS) is 13.7. The molecule has 0 radical (unpaired) electrons. The van der Waals surface area contributed by atoms with Gasteiger partial charge in [0.1, 0.15) is 10.7 Å². The maximum atomic E-state index is 12.2. The molecule has 3 N–H and O–H groups in total. The van der Waals surface area contributed by atoms with Crippen LogP contribution in [0.25, 0.3) is 0 Å². The van der Waals surface area contributed by atoms with Gasteiger partial charge >= 0.3 is 0 Å². The van der Waals surface area contributed by atoms with E-state index >= 15 is 0 Å². The number of anilines is 1. The number of hydrogen-bond donors (Lipinski definition) is 2. The first kappa shape index (κ1) is 13.9. The van der Waals surface area contributed by atoms with Crippen LogP contribution in [0, 0.1) is 0 Å². The van der Waals surface area contributed by atoms with Gasteiger partial charge in [-0.2, -0.15) is 4.31 Å². The highest BCUT2D eigenvalue weighted by Crippen LogP contribution is 2.17. The zero-order valence-corrected chi connectivity index (χ0v) is 11.0. The molecule has 0 aliphatic heterocycles. The first-order chi connectivity index (χ1) is 7.93. The molecular formula is C10H18N4O2S. The fraction of sp³-hybridized carbons (Fsp3) is 0.500. The Morgan fingerprint density at radius 1 is 1.53 bits per heavy atom. The topological polar surface area (TPSA) is 88.3 Å². The van der Waals surface area contributed by atoms with Gasteiger partial charge < -0.3 is 5.43 Å². The summed E-state index contributed by atoms with van der Waals surface area (Å²) in [5.74, 6) is 5.59. The minimum Gasteiger partial charge on any atom is -0.308 e. The van der Waals surface area contributed by atoms with E-state index in [1.165, 1.54) is 22.6 Å². The molecule has 96 valence electrons. The lowest BCUT2D eigenvalue weighted by molar-refractivity contribution is 0.380. The van der Waals surface area contributed by atoms with Crippen molar-refractivity contribution in [3.05, 3.63) is 18.3 Å². The molecule has 0 aliphatic rings. The molecule has 0 amide bonds. The number of aromatic nitrogens is 1. The Morgan fingerprint density at radius 2 is 2.18 bits per heavy atom. The van der Waals surface area contributed by atoms with Crippen LogP contribution in [0.15, 0.2) is 23.2 Å². The van der Waals surface area contributed by atoms with Crippen LogP contribution < -0.4 is 11.3 Å². The summed E-state index contributed by atoms with van der Waals surface area (Å²) in [6.07, 6.45) is 2.05. The average Bonchev–Trinajstić information content (AvgIpc) is 2.36. The van der Waals surface area contributed by atoms with Gasteiger partial charge in [-0.25, -0.2) is 19.2 Å². The van der Waals surface area contributed by atoms with E-state index in [9.17, 15) is 8.42 Å². The highest BCUT2D eigenvalue weighted by atomic mass is 32.2. The van der Waals surface area contributed by atoms with E-state index in [-0.39, 0.29) is 10.9 Å². The van der Waals surface area contributed by atoms with Crippen LogP contribution in [0.4, 0.5) is 5.82 Å². The van der Waals surface area contributed by atoms with Gasteiger partial charge in [0.05, 0.1) is 0 Å². The van der Waals surface area contributed by atoms with Gasteiger partial charge in [-0.15, -0.1) is 0 Å². The van der Waals surface area contributed by atoms with E-state index in [1.54, 1.807) is 7.05 Å². The maximum Gasteiger partial charge on any atom is 0.244 e. The predicted molar refractivity (Wildman–Crippen MR) is 66.7 cm³/mol. The molecular weight excluding hydrogens is 240 g/mol. The highest BCUT2D eigenvalue weighted by molar-refractivity contribution is 7.89. The molecule has 17 heavy (non-hydrogen) atoms. The van der Waals surface area contributed by atoms with E-state index in [0.717, 1.165) is 6.42 Å². The second-order valence-corrected chi connectivity index (χ2v) is 5.80. The second kappa shape index (κ2) is 5.44. The van der Waals surface area contributed by atoms with E-state index in [1.807, 2.05) is 13.8 Å². The van der Waals surface area contributed by atoms with E-state index in [4.69, 9.17) is 5.84 Å². The minimum atomic E-state index is -3.47. The van der Waals surface area contributed by atoms with Gasteiger partial charge in [0.2, 0.25) is 10.0 Å². The summed E-state index contributed by atoms with van der Waals surface area (Å²) in [6.45, 7) is 3.80. The lowest BCUT2D eigenvalue weighted by Gasteiger charge is -2.22. The second-order valence-electron chi connectivity index (χ2n) is 3.80. The molecule has 0 aromatic carbocycles. The summed E-state index contributed by atoms with van der Waals surface area (Å²) >= 11 is 0. The average molecular weight is 258 g/mol. The molecule has 1 rings (SSSR count). The number of sulfonamides is 1. The maximum absolute atomic E-state index is 12.2. The molecule has 0 fully saturated rings. The third-order valence-corrected chi connectivity index (χ3v) is 4.73. The first-order valence-corrected chi connectivity index (χ1v) is 6.78. The SMILES string of the molecule is CCC(C)N(C)S(=O)(=O)c1ccc(NN)nc1. The molecule has 1 heterocycles. The first-order valence-electron chi connectivity index (χ1n) is 5.34. The Bertz CT molecular complexity index is 458. The van der Waals surface area contributed by atoms with Crippen molar-refractivity contribution in [2.75, 3.05) is 12.5 Å². The summed E-state index contributed by atoms with van der Waals surface area (Å²) in [5, 5.41) is 0. The molecule has 7 heteroatoms.